The summed E-state index contributed by atoms with van der Waals surface area (Å²) in [7, 11) is 1.51. The summed E-state index contributed by atoms with van der Waals surface area (Å²) in [5, 5.41) is 0. The van der Waals surface area contributed by atoms with Gasteiger partial charge in [0.1, 0.15) is 23.9 Å². The third-order valence-corrected chi connectivity index (χ3v) is 5.85. The first-order valence-electron chi connectivity index (χ1n) is 10.2. The maximum absolute atomic E-state index is 14.7. The molecule has 1 aromatic heterocycles. The number of guanidine groups is 1. The van der Waals surface area contributed by atoms with Gasteiger partial charge in [-0.3, -0.25) is 14.9 Å². The first kappa shape index (κ1) is 21.0. The van der Waals surface area contributed by atoms with Crippen LogP contribution in [-0.4, -0.2) is 47.8 Å². The smallest absolute Gasteiger partial charge is 0.284 e. The maximum atomic E-state index is 14.7. The number of aromatic nitrogens is 1. The van der Waals surface area contributed by atoms with Crippen molar-refractivity contribution < 1.29 is 17.9 Å². The molecule has 2 aliphatic rings. The zero-order valence-electron chi connectivity index (χ0n) is 17.7. The lowest BCUT2D eigenvalue weighted by Crippen LogP contribution is -2.53. The average Bonchev–Trinajstić information content (AvgIpc) is 3.11. The van der Waals surface area contributed by atoms with Crippen molar-refractivity contribution >= 4 is 11.8 Å². The molecule has 5 rings (SSSR count). The van der Waals surface area contributed by atoms with Gasteiger partial charge in [0.25, 0.3) is 5.92 Å². The van der Waals surface area contributed by atoms with Crippen LogP contribution in [0.25, 0.3) is 11.1 Å². The summed E-state index contributed by atoms with van der Waals surface area (Å²) in [5.41, 5.74) is 7.06. The van der Waals surface area contributed by atoms with E-state index >= 15 is 0 Å². The van der Waals surface area contributed by atoms with Gasteiger partial charge in [0.05, 0.1) is 13.7 Å². The minimum atomic E-state index is -3.02. The second-order valence-corrected chi connectivity index (χ2v) is 7.92. The van der Waals surface area contributed by atoms with Crippen molar-refractivity contribution in [2.24, 2.45) is 15.7 Å². The Hall–Kier alpha value is -3.88. The minimum Gasteiger partial charge on any atom is -0.497 e. The van der Waals surface area contributed by atoms with E-state index in [0.29, 0.717) is 33.8 Å². The lowest BCUT2D eigenvalue weighted by Gasteiger charge is -2.35. The molecule has 0 saturated heterocycles. The Balaban J connectivity index is 1.73. The van der Waals surface area contributed by atoms with Crippen LogP contribution in [0.2, 0.25) is 0 Å². The summed E-state index contributed by atoms with van der Waals surface area (Å²) < 4.78 is 48.3. The highest BCUT2D eigenvalue weighted by Gasteiger charge is 2.53. The highest BCUT2D eigenvalue weighted by Crippen LogP contribution is 2.43. The molecule has 9 heteroatoms. The highest BCUT2D eigenvalue weighted by molar-refractivity contribution is 6.12. The first-order valence-corrected chi connectivity index (χ1v) is 10.2. The van der Waals surface area contributed by atoms with Gasteiger partial charge in [0.15, 0.2) is 11.5 Å². The van der Waals surface area contributed by atoms with E-state index in [1.165, 1.54) is 24.1 Å². The fraction of sp³-hybridized carbons (Fsp3) is 0.208. The summed E-state index contributed by atoms with van der Waals surface area (Å²) in [4.78, 5) is 14.2. The van der Waals surface area contributed by atoms with Gasteiger partial charge in [-0.15, -0.1) is 0 Å². The standard InChI is InChI=1S/C24H20F3N5O/c1-33-18-5-6-20(25)19(12-18)15-3-2-4-17(11-15)24(16-7-9-29-10-8-16)21-30-13-23(26,27)14-32(21)22(28)31-24/h2-12H,13-14H2,1H3,(H2,28,31). The second-order valence-electron chi connectivity index (χ2n) is 7.92. The Labute approximate surface area is 188 Å². The lowest BCUT2D eigenvalue weighted by molar-refractivity contribution is -0.00437. The van der Waals surface area contributed by atoms with E-state index in [9.17, 15) is 13.2 Å². The van der Waals surface area contributed by atoms with Crippen LogP contribution in [-0.2, 0) is 5.54 Å². The highest BCUT2D eigenvalue weighted by atomic mass is 19.3. The molecule has 0 spiro atoms. The molecule has 1 unspecified atom stereocenters. The molecule has 33 heavy (non-hydrogen) atoms. The number of methoxy groups -OCH3 is 1. The molecule has 2 N–H and O–H groups in total. The number of ether oxygens (including phenoxy) is 1. The van der Waals surface area contributed by atoms with Crippen LogP contribution in [0.1, 0.15) is 11.1 Å². The Kier molecular flexibility index (Phi) is 4.84. The van der Waals surface area contributed by atoms with E-state index in [1.54, 1.807) is 54.9 Å². The number of aliphatic imine (C=N–C) groups is 2. The Morgan fingerprint density at radius 1 is 1.03 bits per heavy atom. The second kappa shape index (κ2) is 7.61. The predicted molar refractivity (Wildman–Crippen MR) is 119 cm³/mol. The van der Waals surface area contributed by atoms with Crippen molar-refractivity contribution in [1.82, 2.24) is 9.88 Å². The molecule has 3 heterocycles. The van der Waals surface area contributed by atoms with Gasteiger partial charge in [-0.1, -0.05) is 18.2 Å². The van der Waals surface area contributed by atoms with Gasteiger partial charge >= 0.3 is 0 Å². The molecule has 0 saturated carbocycles. The number of nitrogens with zero attached hydrogens (tertiary/aromatic N) is 4. The van der Waals surface area contributed by atoms with Crippen LogP contribution < -0.4 is 10.5 Å². The summed E-state index contributed by atoms with van der Waals surface area (Å²) in [6.45, 7) is -1.28. The molecule has 3 aromatic rings. The molecular weight excluding hydrogens is 431 g/mol. The molecule has 0 fully saturated rings. The predicted octanol–water partition coefficient (Wildman–Crippen LogP) is 3.82. The van der Waals surface area contributed by atoms with Gasteiger partial charge in [-0.2, -0.15) is 0 Å². The monoisotopic (exact) mass is 451 g/mol. The summed E-state index contributed by atoms with van der Waals surface area (Å²) in [6.07, 6.45) is 3.18. The van der Waals surface area contributed by atoms with Crippen LogP contribution >= 0.6 is 0 Å². The normalized spacial score (nSPS) is 21.3. The molecule has 0 radical (unpaired) electrons. The minimum absolute atomic E-state index is 0.0529. The first-order chi connectivity index (χ1) is 15.8. The molecule has 2 aliphatic heterocycles. The van der Waals surface area contributed by atoms with Crippen LogP contribution in [0, 0.1) is 5.82 Å². The number of alkyl halides is 2. The fourth-order valence-electron chi connectivity index (χ4n) is 4.32. The number of halogens is 3. The van der Waals surface area contributed by atoms with Gasteiger partial charge in [-0.25, -0.2) is 18.2 Å². The third-order valence-electron chi connectivity index (χ3n) is 5.85. The van der Waals surface area contributed by atoms with Gasteiger partial charge < -0.3 is 10.5 Å². The molecule has 0 aliphatic carbocycles. The Bertz CT molecular complexity index is 1280. The maximum Gasteiger partial charge on any atom is 0.284 e. The number of benzene rings is 2. The van der Waals surface area contributed by atoms with Crippen molar-refractivity contribution in [1.29, 1.82) is 0 Å². The van der Waals surface area contributed by atoms with E-state index in [0.717, 1.165) is 0 Å². The molecule has 168 valence electrons. The van der Waals surface area contributed by atoms with Crippen LogP contribution in [0.5, 0.6) is 5.75 Å². The number of amidine groups is 1. The Morgan fingerprint density at radius 3 is 2.58 bits per heavy atom. The number of rotatable bonds is 4. The van der Waals surface area contributed by atoms with Crippen molar-refractivity contribution in [3.8, 4) is 16.9 Å². The SMILES string of the molecule is COc1ccc(F)c(-c2cccc(C3(c4ccncc4)N=C(N)N4CC(F)(F)CN=C43)c2)c1. The van der Waals surface area contributed by atoms with Crippen molar-refractivity contribution in [2.75, 3.05) is 20.2 Å². The van der Waals surface area contributed by atoms with E-state index in [2.05, 4.69) is 15.0 Å². The summed E-state index contributed by atoms with van der Waals surface area (Å²) in [6, 6.07) is 15.1. The number of hydrogen-bond acceptors (Lipinski definition) is 6. The summed E-state index contributed by atoms with van der Waals surface area (Å²) >= 11 is 0. The fourth-order valence-corrected chi connectivity index (χ4v) is 4.32. The van der Waals surface area contributed by atoms with Crippen LogP contribution in [0.15, 0.2) is 77.0 Å². The van der Waals surface area contributed by atoms with Crippen molar-refractivity contribution in [3.63, 3.8) is 0 Å². The van der Waals surface area contributed by atoms with Gasteiger partial charge in [-0.05, 0) is 53.1 Å². The van der Waals surface area contributed by atoms with Crippen LogP contribution in [0.3, 0.4) is 0 Å². The number of nitrogens with two attached hydrogens (primary N) is 1. The largest absolute Gasteiger partial charge is 0.497 e. The molecule has 0 bridgehead atoms. The molecule has 0 amide bonds. The molecule has 2 aromatic carbocycles. The van der Waals surface area contributed by atoms with E-state index in [1.807, 2.05) is 0 Å². The number of pyridine rings is 1. The number of fused-ring (bicyclic) bond motifs is 1. The lowest BCUT2D eigenvalue weighted by atomic mass is 9.81. The summed E-state index contributed by atoms with van der Waals surface area (Å²) in [5.74, 6) is -2.68. The zero-order valence-corrected chi connectivity index (χ0v) is 17.7. The van der Waals surface area contributed by atoms with Gasteiger partial charge in [0, 0.05) is 18.0 Å². The van der Waals surface area contributed by atoms with Crippen molar-refractivity contribution in [3.05, 3.63) is 83.9 Å². The topological polar surface area (TPSA) is 76.1 Å². The molecule has 6 nitrogen and oxygen atoms in total. The molecule has 1 atom stereocenters. The van der Waals surface area contributed by atoms with E-state index in [4.69, 9.17) is 10.5 Å². The third kappa shape index (κ3) is 3.40. The van der Waals surface area contributed by atoms with Crippen LogP contribution in [0.4, 0.5) is 13.2 Å². The van der Waals surface area contributed by atoms with E-state index in [-0.39, 0.29) is 5.96 Å². The van der Waals surface area contributed by atoms with Crippen molar-refractivity contribution in [2.45, 2.75) is 11.5 Å². The van der Waals surface area contributed by atoms with Gasteiger partial charge in [0.2, 0.25) is 0 Å². The van der Waals surface area contributed by atoms with E-state index < -0.39 is 30.4 Å². The zero-order chi connectivity index (χ0) is 23.2. The number of hydrogen-bond donors (Lipinski definition) is 1. The Morgan fingerprint density at radius 2 is 1.82 bits per heavy atom. The quantitative estimate of drug-likeness (QED) is 0.655. The molecular formula is C24H20F3N5O. The average molecular weight is 451 g/mol.